The number of amides is 3. The topological polar surface area (TPSA) is 106 Å². The normalized spacial score (nSPS) is 17.8. The van der Waals surface area contributed by atoms with E-state index in [9.17, 15) is 14.4 Å². The summed E-state index contributed by atoms with van der Waals surface area (Å²) in [6.07, 6.45) is 0.0838. The summed E-state index contributed by atoms with van der Waals surface area (Å²) in [5.74, 6) is 0.626. The fourth-order valence-corrected chi connectivity index (χ4v) is 3.67. The number of nitrogens with zero attached hydrogens (tertiary/aromatic N) is 1. The largest absolute Gasteiger partial charge is 0.497 e. The summed E-state index contributed by atoms with van der Waals surface area (Å²) in [4.78, 5) is 39.1. The second-order valence-electron chi connectivity index (χ2n) is 7.74. The van der Waals surface area contributed by atoms with Crippen molar-refractivity contribution in [2.45, 2.75) is 25.9 Å². The molecule has 0 saturated carbocycles. The molecule has 0 spiro atoms. The third-order valence-electron chi connectivity index (χ3n) is 5.54. The van der Waals surface area contributed by atoms with Gasteiger partial charge < -0.3 is 29.7 Å². The van der Waals surface area contributed by atoms with Crippen LogP contribution < -0.4 is 29.7 Å². The molecule has 9 heteroatoms. The Morgan fingerprint density at radius 3 is 2.66 bits per heavy atom. The molecule has 0 bridgehead atoms. The minimum atomic E-state index is -0.726. The van der Waals surface area contributed by atoms with Crippen molar-refractivity contribution in [2.75, 3.05) is 25.3 Å². The van der Waals surface area contributed by atoms with E-state index in [2.05, 4.69) is 10.6 Å². The van der Waals surface area contributed by atoms with Gasteiger partial charge in [0.2, 0.25) is 24.5 Å². The molecule has 0 aromatic heterocycles. The smallest absolute Gasteiger partial charge is 0.242 e. The van der Waals surface area contributed by atoms with Crippen LogP contribution in [-0.4, -0.2) is 44.2 Å². The van der Waals surface area contributed by atoms with Crippen molar-refractivity contribution in [3.05, 3.63) is 48.0 Å². The lowest BCUT2D eigenvalue weighted by molar-refractivity contribution is -0.131. The molecule has 0 aliphatic carbocycles. The number of ether oxygens (including phenoxy) is 3. The lowest BCUT2D eigenvalue weighted by Gasteiger charge is -2.19. The molecular weight excluding hydrogens is 414 g/mol. The summed E-state index contributed by atoms with van der Waals surface area (Å²) in [5.41, 5.74) is 1.57. The van der Waals surface area contributed by atoms with Crippen LogP contribution in [-0.2, 0) is 20.9 Å². The summed E-state index contributed by atoms with van der Waals surface area (Å²) in [5, 5.41) is 5.52. The third-order valence-corrected chi connectivity index (χ3v) is 5.54. The molecule has 168 valence electrons. The van der Waals surface area contributed by atoms with Crippen molar-refractivity contribution in [1.82, 2.24) is 10.6 Å². The van der Waals surface area contributed by atoms with Crippen molar-refractivity contribution >= 4 is 23.4 Å². The average molecular weight is 439 g/mol. The Kier molecular flexibility index (Phi) is 6.16. The number of carbonyl (C=O) groups excluding carboxylic acids is 3. The van der Waals surface area contributed by atoms with Gasteiger partial charge in [-0.25, -0.2) is 0 Å². The number of fused-ring (bicyclic) bond motifs is 1. The van der Waals surface area contributed by atoms with Crippen LogP contribution in [0, 0.1) is 5.92 Å². The standard InChI is InChI=1S/C23H25N3O6/c1-14(22(28)24-11-15-3-6-18(30-2)7-4-15)25-23(29)16-9-21(27)26(12-16)17-5-8-19-20(10-17)32-13-31-19/h3-8,10,14,16H,9,11-13H2,1-2H3,(H,24,28)(H,25,29)/t14-,16?/m1/s1. The molecule has 1 unspecified atom stereocenters. The van der Waals surface area contributed by atoms with Crippen LogP contribution in [0.5, 0.6) is 17.2 Å². The quantitative estimate of drug-likeness (QED) is 0.679. The molecule has 32 heavy (non-hydrogen) atoms. The maximum absolute atomic E-state index is 12.7. The molecule has 2 heterocycles. The zero-order valence-electron chi connectivity index (χ0n) is 17.9. The van der Waals surface area contributed by atoms with E-state index in [1.807, 2.05) is 24.3 Å². The van der Waals surface area contributed by atoms with E-state index in [0.717, 1.165) is 11.3 Å². The number of rotatable bonds is 7. The van der Waals surface area contributed by atoms with Gasteiger partial charge in [-0.05, 0) is 36.8 Å². The zero-order chi connectivity index (χ0) is 22.7. The van der Waals surface area contributed by atoms with Crippen LogP contribution in [0.3, 0.4) is 0 Å². The third kappa shape index (κ3) is 4.61. The predicted molar refractivity (Wildman–Crippen MR) is 115 cm³/mol. The van der Waals surface area contributed by atoms with E-state index in [4.69, 9.17) is 14.2 Å². The molecule has 1 fully saturated rings. The minimum absolute atomic E-state index is 0.0838. The molecule has 2 aromatic carbocycles. The van der Waals surface area contributed by atoms with E-state index in [1.54, 1.807) is 37.1 Å². The van der Waals surface area contributed by atoms with Gasteiger partial charge in [0.05, 0.1) is 13.0 Å². The Bertz CT molecular complexity index is 1020. The van der Waals surface area contributed by atoms with Gasteiger partial charge in [0, 0.05) is 31.3 Å². The van der Waals surface area contributed by atoms with Crippen LogP contribution >= 0.6 is 0 Å². The summed E-state index contributed by atoms with van der Waals surface area (Å²) in [6, 6.07) is 11.9. The Balaban J connectivity index is 1.29. The summed E-state index contributed by atoms with van der Waals surface area (Å²) >= 11 is 0. The monoisotopic (exact) mass is 439 g/mol. The Hall–Kier alpha value is -3.75. The van der Waals surface area contributed by atoms with Gasteiger partial charge in [-0.3, -0.25) is 14.4 Å². The number of anilines is 1. The Labute approximate surface area is 185 Å². The number of hydrogen-bond donors (Lipinski definition) is 2. The van der Waals surface area contributed by atoms with E-state index in [0.29, 0.717) is 23.7 Å². The maximum Gasteiger partial charge on any atom is 0.242 e. The molecule has 3 amide bonds. The molecular formula is C23H25N3O6. The summed E-state index contributed by atoms with van der Waals surface area (Å²) in [6.45, 7) is 2.34. The molecule has 1 saturated heterocycles. The van der Waals surface area contributed by atoms with Gasteiger partial charge in [-0.15, -0.1) is 0 Å². The van der Waals surface area contributed by atoms with Gasteiger partial charge in [-0.2, -0.15) is 0 Å². The van der Waals surface area contributed by atoms with Crippen LogP contribution in [0.1, 0.15) is 18.9 Å². The van der Waals surface area contributed by atoms with Crippen molar-refractivity contribution in [2.24, 2.45) is 5.92 Å². The maximum atomic E-state index is 12.7. The molecule has 2 aliphatic heterocycles. The Morgan fingerprint density at radius 2 is 1.91 bits per heavy atom. The highest BCUT2D eigenvalue weighted by molar-refractivity contribution is 6.01. The van der Waals surface area contributed by atoms with Crippen LogP contribution in [0.4, 0.5) is 5.69 Å². The van der Waals surface area contributed by atoms with Gasteiger partial charge in [0.25, 0.3) is 0 Å². The van der Waals surface area contributed by atoms with Crippen LogP contribution in [0.2, 0.25) is 0 Å². The second-order valence-corrected chi connectivity index (χ2v) is 7.74. The first-order valence-electron chi connectivity index (χ1n) is 10.4. The number of hydrogen-bond acceptors (Lipinski definition) is 6. The van der Waals surface area contributed by atoms with Crippen molar-refractivity contribution in [1.29, 1.82) is 0 Å². The van der Waals surface area contributed by atoms with Gasteiger partial charge >= 0.3 is 0 Å². The highest BCUT2D eigenvalue weighted by Crippen LogP contribution is 2.37. The molecule has 2 aromatic rings. The van der Waals surface area contributed by atoms with E-state index >= 15 is 0 Å². The SMILES string of the molecule is COc1ccc(CNC(=O)[C@@H](C)NC(=O)C2CC(=O)N(c3ccc4c(c3)OCO4)C2)cc1. The molecule has 2 N–H and O–H groups in total. The Morgan fingerprint density at radius 1 is 1.16 bits per heavy atom. The molecule has 0 radical (unpaired) electrons. The van der Waals surface area contributed by atoms with E-state index < -0.39 is 12.0 Å². The fourth-order valence-electron chi connectivity index (χ4n) is 3.67. The molecule has 9 nitrogen and oxygen atoms in total. The second kappa shape index (κ2) is 9.17. The lowest BCUT2D eigenvalue weighted by Crippen LogP contribution is -2.46. The first-order chi connectivity index (χ1) is 15.4. The van der Waals surface area contributed by atoms with Crippen LogP contribution in [0.15, 0.2) is 42.5 Å². The molecule has 2 aliphatic rings. The fraction of sp³-hybridized carbons (Fsp3) is 0.348. The lowest BCUT2D eigenvalue weighted by atomic mass is 10.1. The average Bonchev–Trinajstić information content (AvgIpc) is 3.43. The zero-order valence-corrected chi connectivity index (χ0v) is 17.9. The first-order valence-corrected chi connectivity index (χ1v) is 10.4. The summed E-state index contributed by atoms with van der Waals surface area (Å²) < 4.78 is 15.8. The highest BCUT2D eigenvalue weighted by atomic mass is 16.7. The number of carbonyl (C=O) groups is 3. The summed E-state index contributed by atoms with van der Waals surface area (Å²) in [7, 11) is 1.59. The van der Waals surface area contributed by atoms with Gasteiger partial charge in [-0.1, -0.05) is 12.1 Å². The van der Waals surface area contributed by atoms with Crippen molar-refractivity contribution in [3.8, 4) is 17.2 Å². The van der Waals surface area contributed by atoms with E-state index in [1.165, 1.54) is 0 Å². The van der Waals surface area contributed by atoms with Crippen LogP contribution in [0.25, 0.3) is 0 Å². The van der Waals surface area contributed by atoms with Crippen molar-refractivity contribution < 1.29 is 28.6 Å². The molecule has 2 atom stereocenters. The molecule has 4 rings (SSSR count). The van der Waals surface area contributed by atoms with Gasteiger partial charge in [0.15, 0.2) is 11.5 Å². The first kappa shape index (κ1) is 21.5. The number of benzene rings is 2. The number of methoxy groups -OCH3 is 1. The number of nitrogens with one attached hydrogen (secondary N) is 2. The predicted octanol–water partition coefficient (Wildman–Crippen LogP) is 1.60. The van der Waals surface area contributed by atoms with Gasteiger partial charge in [0.1, 0.15) is 11.8 Å². The minimum Gasteiger partial charge on any atom is -0.497 e. The van der Waals surface area contributed by atoms with E-state index in [-0.39, 0.29) is 37.5 Å². The van der Waals surface area contributed by atoms with Crippen molar-refractivity contribution in [3.63, 3.8) is 0 Å². The highest BCUT2D eigenvalue weighted by Gasteiger charge is 2.36.